The molecule has 2 fully saturated rings. The van der Waals surface area contributed by atoms with E-state index in [-0.39, 0.29) is 12.4 Å². The topological polar surface area (TPSA) is 51.0 Å². The summed E-state index contributed by atoms with van der Waals surface area (Å²) in [5.74, 6) is 2.52. The first-order valence-corrected chi connectivity index (χ1v) is 5.45. The molecule has 1 saturated carbocycles. The molecule has 15 heavy (non-hydrogen) atoms. The first kappa shape index (κ1) is 10.9. The summed E-state index contributed by atoms with van der Waals surface area (Å²) in [5.41, 5.74) is 0. The van der Waals surface area contributed by atoms with Gasteiger partial charge in [-0.1, -0.05) is 12.1 Å². The number of piperidine rings is 1. The first-order valence-electron chi connectivity index (χ1n) is 5.45. The number of aromatic nitrogens is 2. The predicted octanol–water partition coefficient (Wildman–Crippen LogP) is 1.87. The van der Waals surface area contributed by atoms with Crippen LogP contribution >= 0.6 is 12.4 Å². The maximum absolute atomic E-state index is 5.25. The van der Waals surface area contributed by atoms with Crippen LogP contribution in [-0.4, -0.2) is 16.2 Å². The van der Waals surface area contributed by atoms with Gasteiger partial charge in [0.15, 0.2) is 5.82 Å². The number of hydrogen-bond donors (Lipinski definition) is 1. The Bertz CT molecular complexity index is 331. The van der Waals surface area contributed by atoms with Gasteiger partial charge in [0.05, 0.1) is 6.04 Å². The van der Waals surface area contributed by atoms with Gasteiger partial charge >= 0.3 is 0 Å². The fraction of sp³-hybridized carbons (Fsp3) is 0.800. The molecule has 0 radical (unpaired) electrons. The Hall–Kier alpha value is -0.610. The van der Waals surface area contributed by atoms with Gasteiger partial charge in [0, 0.05) is 12.5 Å². The lowest BCUT2D eigenvalue weighted by Crippen LogP contribution is -2.17. The van der Waals surface area contributed by atoms with Gasteiger partial charge in [-0.25, -0.2) is 0 Å². The van der Waals surface area contributed by atoms with Crippen LogP contribution in [0.3, 0.4) is 0 Å². The Kier molecular flexibility index (Phi) is 2.98. The maximum atomic E-state index is 5.25. The molecule has 3 atom stereocenters. The highest BCUT2D eigenvalue weighted by atomic mass is 35.5. The van der Waals surface area contributed by atoms with Crippen molar-refractivity contribution in [3.8, 4) is 0 Å². The van der Waals surface area contributed by atoms with E-state index in [1.807, 2.05) is 0 Å². The summed E-state index contributed by atoms with van der Waals surface area (Å²) in [4.78, 5) is 4.40. The Morgan fingerprint density at radius 2 is 2.33 bits per heavy atom. The van der Waals surface area contributed by atoms with E-state index in [1.54, 1.807) is 0 Å². The number of rotatable bonds is 3. The van der Waals surface area contributed by atoms with Crippen molar-refractivity contribution in [2.24, 2.45) is 5.92 Å². The van der Waals surface area contributed by atoms with Crippen LogP contribution in [0.5, 0.6) is 0 Å². The molecule has 1 aliphatic carbocycles. The van der Waals surface area contributed by atoms with Gasteiger partial charge in [-0.05, 0) is 25.2 Å². The lowest BCUT2D eigenvalue weighted by molar-refractivity contribution is 0.331. The van der Waals surface area contributed by atoms with E-state index in [1.165, 1.54) is 12.8 Å². The standard InChI is InChI=1S/C10H15N3O.ClH/c1-2-3-9-12-10(14-13-9)8-5-6-4-7(6)11-8;/h6-8,11H,2-5H2,1H3;1H/t6-,7-,8-;/m0./s1. The molecule has 1 aromatic heterocycles. The van der Waals surface area contributed by atoms with Gasteiger partial charge < -0.3 is 9.84 Å². The zero-order valence-corrected chi connectivity index (χ0v) is 9.59. The molecular weight excluding hydrogens is 214 g/mol. The molecule has 2 aliphatic rings. The fourth-order valence-electron chi connectivity index (χ4n) is 2.25. The molecule has 4 nitrogen and oxygen atoms in total. The van der Waals surface area contributed by atoms with Crippen LogP contribution in [0.4, 0.5) is 0 Å². The van der Waals surface area contributed by atoms with E-state index in [0.29, 0.717) is 6.04 Å². The van der Waals surface area contributed by atoms with Crippen molar-refractivity contribution < 1.29 is 4.52 Å². The maximum Gasteiger partial charge on any atom is 0.243 e. The van der Waals surface area contributed by atoms with Crippen LogP contribution in [0.1, 0.15) is 43.9 Å². The molecule has 0 amide bonds. The summed E-state index contributed by atoms with van der Waals surface area (Å²) >= 11 is 0. The van der Waals surface area contributed by atoms with E-state index >= 15 is 0 Å². The van der Waals surface area contributed by atoms with Crippen molar-refractivity contribution >= 4 is 12.4 Å². The average molecular weight is 230 g/mol. The Balaban J connectivity index is 0.000000853. The van der Waals surface area contributed by atoms with E-state index in [9.17, 15) is 0 Å². The van der Waals surface area contributed by atoms with Crippen LogP contribution in [0.15, 0.2) is 4.52 Å². The van der Waals surface area contributed by atoms with Crippen LogP contribution in [0.2, 0.25) is 0 Å². The van der Waals surface area contributed by atoms with Crippen molar-refractivity contribution in [3.05, 3.63) is 11.7 Å². The van der Waals surface area contributed by atoms with E-state index < -0.39 is 0 Å². The summed E-state index contributed by atoms with van der Waals surface area (Å²) in [6.45, 7) is 2.12. The van der Waals surface area contributed by atoms with Crippen molar-refractivity contribution in [2.45, 2.75) is 44.7 Å². The number of nitrogens with zero attached hydrogens (tertiary/aromatic N) is 2. The van der Waals surface area contributed by atoms with Gasteiger partial charge in [-0.15, -0.1) is 12.4 Å². The highest BCUT2D eigenvalue weighted by Crippen LogP contribution is 2.45. The zero-order valence-electron chi connectivity index (χ0n) is 8.77. The van der Waals surface area contributed by atoms with Crippen LogP contribution < -0.4 is 5.32 Å². The molecule has 2 heterocycles. The minimum Gasteiger partial charge on any atom is -0.338 e. The lowest BCUT2D eigenvalue weighted by atomic mass is 10.2. The quantitative estimate of drug-likeness (QED) is 0.860. The highest BCUT2D eigenvalue weighted by molar-refractivity contribution is 5.85. The second-order valence-corrected chi connectivity index (χ2v) is 4.36. The average Bonchev–Trinajstić information content (AvgIpc) is 2.68. The third-order valence-electron chi connectivity index (χ3n) is 3.13. The Labute approximate surface area is 95.2 Å². The second kappa shape index (κ2) is 4.10. The fourth-order valence-corrected chi connectivity index (χ4v) is 2.25. The molecule has 84 valence electrons. The highest BCUT2D eigenvalue weighted by Gasteiger charge is 2.47. The van der Waals surface area contributed by atoms with Gasteiger partial charge in [0.25, 0.3) is 0 Å². The Morgan fingerprint density at radius 3 is 3.00 bits per heavy atom. The van der Waals surface area contributed by atoms with Crippen LogP contribution in [0.25, 0.3) is 0 Å². The second-order valence-electron chi connectivity index (χ2n) is 4.36. The predicted molar refractivity (Wildman–Crippen MR) is 57.9 cm³/mol. The number of nitrogens with one attached hydrogen (secondary N) is 1. The molecule has 5 heteroatoms. The molecule has 1 saturated heterocycles. The first-order chi connectivity index (χ1) is 6.86. The number of aryl methyl sites for hydroxylation is 1. The number of fused-ring (bicyclic) bond motifs is 1. The van der Waals surface area contributed by atoms with Gasteiger partial charge in [-0.3, -0.25) is 0 Å². The molecule has 1 aliphatic heterocycles. The molecule has 1 aromatic rings. The van der Waals surface area contributed by atoms with Crippen molar-refractivity contribution in [1.82, 2.24) is 15.5 Å². The summed E-state index contributed by atoms with van der Waals surface area (Å²) < 4.78 is 5.25. The normalized spacial score (nSPS) is 32.2. The number of hydrogen-bond acceptors (Lipinski definition) is 4. The van der Waals surface area contributed by atoms with Gasteiger partial charge in [0.2, 0.25) is 5.89 Å². The smallest absolute Gasteiger partial charge is 0.243 e. The molecule has 0 aromatic carbocycles. The molecule has 3 rings (SSSR count). The van der Waals surface area contributed by atoms with E-state index in [4.69, 9.17) is 4.52 Å². The monoisotopic (exact) mass is 229 g/mol. The molecule has 0 bridgehead atoms. The van der Waals surface area contributed by atoms with Crippen molar-refractivity contribution in [1.29, 1.82) is 0 Å². The lowest BCUT2D eigenvalue weighted by Gasteiger charge is -2.05. The minimum atomic E-state index is 0. The zero-order chi connectivity index (χ0) is 9.54. The third-order valence-corrected chi connectivity index (χ3v) is 3.13. The van der Waals surface area contributed by atoms with E-state index in [0.717, 1.165) is 36.5 Å². The summed E-state index contributed by atoms with van der Waals surface area (Å²) in [6, 6.07) is 1.07. The van der Waals surface area contributed by atoms with Gasteiger partial charge in [0.1, 0.15) is 0 Å². The largest absolute Gasteiger partial charge is 0.338 e. The van der Waals surface area contributed by atoms with Crippen LogP contribution in [-0.2, 0) is 6.42 Å². The minimum absolute atomic E-state index is 0. The summed E-state index contributed by atoms with van der Waals surface area (Å²) in [7, 11) is 0. The Morgan fingerprint density at radius 1 is 1.47 bits per heavy atom. The summed E-state index contributed by atoms with van der Waals surface area (Å²) in [5, 5.41) is 7.47. The van der Waals surface area contributed by atoms with Crippen molar-refractivity contribution in [3.63, 3.8) is 0 Å². The van der Waals surface area contributed by atoms with Crippen molar-refractivity contribution in [2.75, 3.05) is 0 Å². The SMILES string of the molecule is CCCc1noc([C@@H]2C[C@@H]3C[C@@H]3N2)n1.Cl. The molecular formula is C10H16ClN3O. The molecule has 0 unspecified atom stereocenters. The van der Waals surface area contributed by atoms with Crippen LogP contribution in [0, 0.1) is 5.92 Å². The number of halogens is 1. The van der Waals surface area contributed by atoms with Gasteiger partial charge in [-0.2, -0.15) is 4.98 Å². The van der Waals surface area contributed by atoms with E-state index in [2.05, 4.69) is 22.4 Å². The third kappa shape index (κ3) is 2.01. The molecule has 0 spiro atoms. The summed E-state index contributed by atoms with van der Waals surface area (Å²) in [6.07, 6.45) is 4.51. The molecule has 1 N–H and O–H groups in total.